The van der Waals surface area contributed by atoms with Gasteiger partial charge < -0.3 is 15.8 Å². The smallest absolute Gasteiger partial charge is 0.273 e. The highest BCUT2D eigenvalue weighted by molar-refractivity contribution is 9.10. The van der Waals surface area contributed by atoms with Crippen LogP contribution < -0.4 is 16.2 Å². The van der Waals surface area contributed by atoms with E-state index in [1.54, 1.807) is 31.2 Å². The van der Waals surface area contributed by atoms with Gasteiger partial charge in [0.1, 0.15) is 5.75 Å². The molecule has 3 aromatic rings. The third kappa shape index (κ3) is 4.89. The zero-order valence-electron chi connectivity index (χ0n) is 15.0. The number of rotatable bonds is 5. The van der Waals surface area contributed by atoms with E-state index in [1.807, 2.05) is 36.4 Å². The lowest BCUT2D eigenvalue weighted by Crippen LogP contribution is -2.36. The lowest BCUT2D eigenvalue weighted by atomic mass is 10.1. The van der Waals surface area contributed by atoms with Gasteiger partial charge in [-0.15, -0.1) is 0 Å². The van der Waals surface area contributed by atoms with E-state index in [9.17, 15) is 14.7 Å². The number of halogens is 1. The lowest BCUT2D eigenvalue weighted by molar-refractivity contribution is -0.112. The van der Waals surface area contributed by atoms with Gasteiger partial charge in [0, 0.05) is 21.9 Å². The molecule has 28 heavy (non-hydrogen) atoms. The quantitative estimate of drug-likeness (QED) is 0.356. The van der Waals surface area contributed by atoms with E-state index in [-0.39, 0.29) is 17.2 Å². The Hall–Kier alpha value is -3.32. The van der Waals surface area contributed by atoms with Crippen molar-refractivity contribution in [1.29, 1.82) is 0 Å². The fourth-order valence-corrected chi connectivity index (χ4v) is 2.84. The third-order valence-corrected chi connectivity index (χ3v) is 4.47. The average molecular weight is 440 g/mol. The Morgan fingerprint density at radius 2 is 1.61 bits per heavy atom. The van der Waals surface area contributed by atoms with Crippen LogP contribution in [-0.2, 0) is 4.79 Å². The number of amides is 2. The number of hydrogen-bond donors (Lipinski definition) is 4. The maximum Gasteiger partial charge on any atom is 0.273 e. The van der Waals surface area contributed by atoms with Crippen LogP contribution in [0.3, 0.4) is 0 Å². The van der Waals surface area contributed by atoms with Gasteiger partial charge in [0.05, 0.1) is 5.56 Å². The van der Waals surface area contributed by atoms with Crippen LogP contribution in [0.15, 0.2) is 76.9 Å². The normalized spacial score (nSPS) is 11.1. The van der Waals surface area contributed by atoms with Gasteiger partial charge in [-0.2, -0.15) is 0 Å². The number of fused-ring (bicyclic) bond motifs is 1. The summed E-state index contributed by atoms with van der Waals surface area (Å²) in [6.45, 7) is 1.64. The first-order valence-corrected chi connectivity index (χ1v) is 9.24. The summed E-state index contributed by atoms with van der Waals surface area (Å²) < 4.78 is 0.915. The van der Waals surface area contributed by atoms with Crippen molar-refractivity contribution in [3.63, 3.8) is 0 Å². The summed E-state index contributed by atoms with van der Waals surface area (Å²) in [5.74, 6) is -0.966. The van der Waals surface area contributed by atoms with Crippen molar-refractivity contribution in [3.05, 3.63) is 82.5 Å². The van der Waals surface area contributed by atoms with Gasteiger partial charge in [-0.3, -0.25) is 15.0 Å². The molecule has 2 amide bonds. The van der Waals surface area contributed by atoms with Crippen molar-refractivity contribution in [2.24, 2.45) is 0 Å². The molecule has 0 unspecified atom stereocenters. The highest BCUT2D eigenvalue weighted by atomic mass is 79.9. The fraction of sp³-hybridized carbons (Fsp3) is 0.0476. The molecule has 0 aliphatic heterocycles. The summed E-state index contributed by atoms with van der Waals surface area (Å²) in [5, 5.41) is 14.5. The highest BCUT2D eigenvalue weighted by Crippen LogP contribution is 2.24. The maximum atomic E-state index is 12.4. The summed E-state index contributed by atoms with van der Waals surface area (Å²) >= 11 is 3.33. The minimum atomic E-state index is -0.510. The molecule has 0 saturated heterocycles. The number of phenols is 1. The molecule has 0 spiro atoms. The van der Waals surface area contributed by atoms with E-state index in [0.717, 1.165) is 15.2 Å². The van der Waals surface area contributed by atoms with Gasteiger partial charge in [-0.25, -0.2) is 0 Å². The number of benzene rings is 3. The fourth-order valence-electron chi connectivity index (χ4n) is 2.58. The molecule has 0 bridgehead atoms. The molecule has 4 N–H and O–H groups in total. The number of hydrogen-bond acceptors (Lipinski definition) is 4. The molecular formula is C21H18BrN3O3. The van der Waals surface area contributed by atoms with E-state index in [2.05, 4.69) is 32.1 Å². The Bertz CT molecular complexity index is 1060. The molecular weight excluding hydrogens is 422 g/mol. The Balaban J connectivity index is 1.62. The van der Waals surface area contributed by atoms with Gasteiger partial charge in [-0.05, 0) is 54.1 Å². The Morgan fingerprint density at radius 3 is 2.29 bits per heavy atom. The van der Waals surface area contributed by atoms with Gasteiger partial charge in [-0.1, -0.05) is 40.2 Å². The summed E-state index contributed by atoms with van der Waals surface area (Å²) in [5.41, 5.74) is 6.37. The zero-order valence-corrected chi connectivity index (χ0v) is 16.6. The minimum Gasteiger partial charge on any atom is -0.507 e. The van der Waals surface area contributed by atoms with Gasteiger partial charge in [0.25, 0.3) is 5.91 Å². The third-order valence-electron chi connectivity index (χ3n) is 3.94. The van der Waals surface area contributed by atoms with Crippen molar-refractivity contribution in [2.45, 2.75) is 6.92 Å². The number of allylic oxidation sites excluding steroid dienone is 1. The molecule has 3 rings (SSSR count). The molecule has 0 radical (unpaired) electrons. The van der Waals surface area contributed by atoms with Crippen LogP contribution in [0.5, 0.6) is 5.75 Å². The van der Waals surface area contributed by atoms with Gasteiger partial charge >= 0.3 is 0 Å². The van der Waals surface area contributed by atoms with E-state index in [4.69, 9.17) is 0 Å². The Labute approximate surface area is 170 Å². The second-order valence-corrected chi connectivity index (χ2v) is 7.03. The second kappa shape index (κ2) is 8.58. The number of carbonyl (C=O) groups excluding carboxylic acids is 2. The molecule has 0 saturated carbocycles. The number of carbonyl (C=O) groups is 2. The standard InChI is InChI=1S/C21H18BrN3O3/c1-13(10-20(27)23-17-8-6-16(22)7-9-17)24-25-21(28)18-11-14-4-2-3-5-15(14)12-19(18)26/h2-12,24,26H,1H3,(H,23,27)(H,25,28)/b13-10-. The minimum absolute atomic E-state index is 0.118. The Kier molecular flexibility index (Phi) is 5.96. The average Bonchev–Trinajstić information content (AvgIpc) is 2.67. The molecule has 0 atom stereocenters. The van der Waals surface area contributed by atoms with Crippen LogP contribution in [0.1, 0.15) is 17.3 Å². The van der Waals surface area contributed by atoms with Gasteiger partial charge in [0.15, 0.2) is 0 Å². The SMILES string of the molecule is C/C(=C/C(=O)Nc1ccc(Br)cc1)NNC(=O)c1cc2ccccc2cc1O. The number of phenolic OH excluding ortho intramolecular Hbond substituents is 1. The predicted molar refractivity (Wildman–Crippen MR) is 113 cm³/mol. The largest absolute Gasteiger partial charge is 0.507 e. The molecule has 0 heterocycles. The first-order chi connectivity index (χ1) is 13.4. The van der Waals surface area contributed by atoms with Crippen molar-refractivity contribution in [2.75, 3.05) is 5.32 Å². The zero-order chi connectivity index (χ0) is 20.1. The molecule has 7 heteroatoms. The number of hydrazine groups is 1. The van der Waals surface area contributed by atoms with Crippen LogP contribution in [-0.4, -0.2) is 16.9 Å². The molecule has 142 valence electrons. The molecule has 0 aliphatic rings. The molecule has 6 nitrogen and oxygen atoms in total. The maximum absolute atomic E-state index is 12.4. The first-order valence-electron chi connectivity index (χ1n) is 8.45. The highest BCUT2D eigenvalue weighted by Gasteiger charge is 2.12. The van der Waals surface area contributed by atoms with Crippen molar-refractivity contribution in [1.82, 2.24) is 10.9 Å². The van der Waals surface area contributed by atoms with Crippen molar-refractivity contribution in [3.8, 4) is 5.75 Å². The first kappa shape index (κ1) is 19.4. The van der Waals surface area contributed by atoms with E-state index in [0.29, 0.717) is 11.4 Å². The van der Waals surface area contributed by atoms with E-state index >= 15 is 0 Å². The molecule has 0 aliphatic carbocycles. The van der Waals surface area contributed by atoms with Crippen LogP contribution in [0, 0.1) is 0 Å². The van der Waals surface area contributed by atoms with Crippen LogP contribution in [0.4, 0.5) is 5.69 Å². The van der Waals surface area contributed by atoms with E-state index in [1.165, 1.54) is 6.08 Å². The second-order valence-electron chi connectivity index (χ2n) is 6.12. The van der Waals surface area contributed by atoms with Crippen LogP contribution >= 0.6 is 15.9 Å². The topological polar surface area (TPSA) is 90.5 Å². The number of anilines is 1. The molecule has 0 fully saturated rings. The summed E-state index contributed by atoms with van der Waals surface area (Å²) in [6.07, 6.45) is 1.32. The predicted octanol–water partition coefficient (Wildman–Crippen LogP) is 4.08. The monoisotopic (exact) mass is 439 g/mol. The molecule has 0 aromatic heterocycles. The Morgan fingerprint density at radius 1 is 0.964 bits per heavy atom. The summed E-state index contributed by atoms with van der Waals surface area (Å²) in [6, 6.07) is 17.8. The van der Waals surface area contributed by atoms with Crippen molar-refractivity contribution < 1.29 is 14.7 Å². The van der Waals surface area contributed by atoms with Crippen molar-refractivity contribution >= 4 is 44.2 Å². The van der Waals surface area contributed by atoms with Gasteiger partial charge in [0.2, 0.25) is 5.91 Å². The molecule has 3 aromatic carbocycles. The van der Waals surface area contributed by atoms with Crippen LogP contribution in [0.25, 0.3) is 10.8 Å². The summed E-state index contributed by atoms with van der Waals surface area (Å²) in [7, 11) is 0. The summed E-state index contributed by atoms with van der Waals surface area (Å²) in [4.78, 5) is 24.4. The number of nitrogens with one attached hydrogen (secondary N) is 3. The van der Waals surface area contributed by atoms with Crippen LogP contribution in [0.2, 0.25) is 0 Å². The lowest BCUT2D eigenvalue weighted by Gasteiger charge is -2.11. The van der Waals surface area contributed by atoms with E-state index < -0.39 is 5.91 Å². The number of aromatic hydroxyl groups is 1.